The van der Waals surface area contributed by atoms with Crippen molar-refractivity contribution in [3.63, 3.8) is 0 Å². The second-order valence-corrected chi connectivity index (χ2v) is 6.47. The number of carbonyl (C=O) groups excluding carboxylic acids is 2. The first-order valence-corrected chi connectivity index (χ1v) is 8.63. The summed E-state index contributed by atoms with van der Waals surface area (Å²) < 4.78 is 1.76. The third-order valence-corrected chi connectivity index (χ3v) is 4.74. The van der Waals surface area contributed by atoms with Crippen LogP contribution in [0.3, 0.4) is 0 Å². The Morgan fingerprint density at radius 2 is 1.72 bits per heavy atom. The van der Waals surface area contributed by atoms with Gasteiger partial charge in [0.05, 0.1) is 11.1 Å². The summed E-state index contributed by atoms with van der Waals surface area (Å²) in [5.41, 5.74) is 0.948. The first kappa shape index (κ1) is 15.5. The fraction of sp³-hybridized carbons (Fsp3) is 0.118. The van der Waals surface area contributed by atoms with Gasteiger partial charge in [0.25, 0.3) is 11.8 Å². The summed E-state index contributed by atoms with van der Waals surface area (Å²) in [5.74, 6) is 0.776. The van der Waals surface area contributed by atoms with E-state index in [1.807, 2.05) is 12.1 Å². The third-order valence-electron chi connectivity index (χ3n) is 3.84. The molecule has 0 aliphatic carbocycles. The van der Waals surface area contributed by atoms with Crippen LogP contribution in [0.4, 0.5) is 0 Å². The predicted octanol–water partition coefficient (Wildman–Crippen LogP) is 2.05. The van der Waals surface area contributed by atoms with Crippen molar-refractivity contribution >= 4 is 23.6 Å². The number of carbonyl (C=O) groups is 2. The monoisotopic (exact) mass is 351 g/mol. The lowest BCUT2D eigenvalue weighted by molar-refractivity contribution is 0.0664. The second-order valence-electron chi connectivity index (χ2n) is 5.36. The zero-order valence-corrected chi connectivity index (χ0v) is 13.9. The van der Waals surface area contributed by atoms with Crippen LogP contribution in [0.1, 0.15) is 20.7 Å². The molecule has 8 heteroatoms. The molecule has 1 aromatic carbocycles. The van der Waals surface area contributed by atoms with E-state index in [-0.39, 0.29) is 11.8 Å². The number of fused-ring (bicyclic) bond motifs is 1. The minimum atomic E-state index is -0.234. The summed E-state index contributed by atoms with van der Waals surface area (Å²) in [4.78, 5) is 29.8. The Kier molecular flexibility index (Phi) is 4.02. The maximum Gasteiger partial charge on any atom is 0.261 e. The minimum absolute atomic E-state index is 0.234. The van der Waals surface area contributed by atoms with Crippen LogP contribution in [0, 0.1) is 0 Å². The van der Waals surface area contributed by atoms with Crippen molar-refractivity contribution in [1.29, 1.82) is 0 Å². The average molecular weight is 351 g/mol. The quantitative estimate of drug-likeness (QED) is 0.517. The van der Waals surface area contributed by atoms with Crippen molar-refractivity contribution in [3.8, 4) is 5.82 Å². The number of hydrogen-bond donors (Lipinski definition) is 0. The molecule has 3 aromatic rings. The molecule has 124 valence electrons. The van der Waals surface area contributed by atoms with Gasteiger partial charge in [0.1, 0.15) is 11.4 Å². The summed E-state index contributed by atoms with van der Waals surface area (Å²) in [6, 6.07) is 10.6. The molecule has 0 spiro atoms. The van der Waals surface area contributed by atoms with Gasteiger partial charge in [0.15, 0.2) is 5.82 Å². The maximum absolute atomic E-state index is 12.3. The van der Waals surface area contributed by atoms with Gasteiger partial charge in [0.2, 0.25) is 0 Å². The van der Waals surface area contributed by atoms with Crippen molar-refractivity contribution in [2.75, 3.05) is 12.3 Å². The van der Waals surface area contributed by atoms with Crippen molar-refractivity contribution in [3.05, 3.63) is 66.2 Å². The van der Waals surface area contributed by atoms with Crippen LogP contribution in [0.2, 0.25) is 0 Å². The standard InChI is InChI=1S/C17H13N5O2S/c23-16-12-3-1-2-4-13(12)17(24)22(16)9-10-25-15-6-5-14(19-20-15)21-8-7-18-11-21/h1-8,11H,9-10H2. The molecule has 0 saturated heterocycles. The van der Waals surface area contributed by atoms with E-state index in [0.29, 0.717) is 29.2 Å². The van der Waals surface area contributed by atoms with Crippen LogP contribution in [0.25, 0.3) is 5.82 Å². The normalized spacial score (nSPS) is 13.4. The third kappa shape index (κ3) is 2.91. The van der Waals surface area contributed by atoms with Gasteiger partial charge < -0.3 is 0 Å². The van der Waals surface area contributed by atoms with E-state index in [2.05, 4.69) is 15.2 Å². The molecule has 3 heterocycles. The molecule has 4 rings (SSSR count). The second kappa shape index (κ2) is 6.48. The van der Waals surface area contributed by atoms with E-state index < -0.39 is 0 Å². The summed E-state index contributed by atoms with van der Waals surface area (Å²) in [6.07, 6.45) is 5.12. The van der Waals surface area contributed by atoms with E-state index in [4.69, 9.17) is 0 Å². The summed E-state index contributed by atoms with van der Waals surface area (Å²) in [6.45, 7) is 0.335. The molecule has 0 bridgehead atoms. The number of hydrogen-bond acceptors (Lipinski definition) is 6. The number of imide groups is 1. The van der Waals surface area contributed by atoms with Gasteiger partial charge in [0, 0.05) is 24.7 Å². The van der Waals surface area contributed by atoms with Gasteiger partial charge in [-0.3, -0.25) is 19.1 Å². The van der Waals surface area contributed by atoms with Crippen LogP contribution in [-0.2, 0) is 0 Å². The van der Waals surface area contributed by atoms with Crippen LogP contribution >= 0.6 is 11.8 Å². The Balaban J connectivity index is 1.37. The first-order valence-electron chi connectivity index (χ1n) is 7.64. The smallest absolute Gasteiger partial charge is 0.261 e. The molecule has 7 nitrogen and oxygen atoms in total. The van der Waals surface area contributed by atoms with Crippen LogP contribution < -0.4 is 0 Å². The highest BCUT2D eigenvalue weighted by Crippen LogP contribution is 2.23. The molecular weight excluding hydrogens is 338 g/mol. The molecule has 0 fully saturated rings. The van der Waals surface area contributed by atoms with E-state index in [0.717, 1.165) is 5.03 Å². The van der Waals surface area contributed by atoms with E-state index in [9.17, 15) is 9.59 Å². The minimum Gasteiger partial charge on any atom is -0.289 e. The van der Waals surface area contributed by atoms with Gasteiger partial charge in [-0.1, -0.05) is 12.1 Å². The molecule has 0 atom stereocenters. The highest BCUT2D eigenvalue weighted by Gasteiger charge is 2.34. The summed E-state index contributed by atoms with van der Waals surface area (Å²) >= 11 is 1.45. The molecular formula is C17H13N5O2S. The van der Waals surface area contributed by atoms with Gasteiger partial charge in [-0.05, 0) is 24.3 Å². The molecule has 2 amide bonds. The molecule has 1 aliphatic rings. The highest BCUT2D eigenvalue weighted by molar-refractivity contribution is 7.99. The Morgan fingerprint density at radius 3 is 2.32 bits per heavy atom. The topological polar surface area (TPSA) is 81.0 Å². The molecule has 2 aromatic heterocycles. The number of rotatable bonds is 5. The number of amides is 2. The van der Waals surface area contributed by atoms with Crippen molar-refractivity contribution < 1.29 is 9.59 Å². The first-order chi connectivity index (χ1) is 12.2. The van der Waals surface area contributed by atoms with Crippen LogP contribution in [0.15, 0.2) is 60.1 Å². The highest BCUT2D eigenvalue weighted by atomic mass is 32.2. The van der Waals surface area contributed by atoms with Gasteiger partial charge >= 0.3 is 0 Å². The summed E-state index contributed by atoms with van der Waals surface area (Å²) in [5, 5.41) is 9.03. The van der Waals surface area contributed by atoms with Gasteiger partial charge in [-0.25, -0.2) is 4.98 Å². The van der Waals surface area contributed by atoms with E-state index in [1.165, 1.54) is 16.7 Å². The molecule has 0 saturated carbocycles. The Hall–Kier alpha value is -3.00. The van der Waals surface area contributed by atoms with Crippen molar-refractivity contribution in [2.24, 2.45) is 0 Å². The van der Waals surface area contributed by atoms with Crippen molar-refractivity contribution in [1.82, 2.24) is 24.6 Å². The number of benzene rings is 1. The number of aromatic nitrogens is 4. The van der Waals surface area contributed by atoms with Crippen molar-refractivity contribution in [2.45, 2.75) is 5.03 Å². The largest absolute Gasteiger partial charge is 0.289 e. The lowest BCUT2D eigenvalue weighted by Gasteiger charge is -2.12. The maximum atomic E-state index is 12.3. The Labute approximate surface area is 147 Å². The Morgan fingerprint density at radius 1 is 0.960 bits per heavy atom. The van der Waals surface area contributed by atoms with E-state index >= 15 is 0 Å². The average Bonchev–Trinajstić information content (AvgIpc) is 3.26. The number of imidazole rings is 1. The lowest BCUT2D eigenvalue weighted by Crippen LogP contribution is -2.31. The number of nitrogens with zero attached hydrogens (tertiary/aromatic N) is 5. The zero-order chi connectivity index (χ0) is 17.2. The zero-order valence-electron chi connectivity index (χ0n) is 13.1. The summed E-state index contributed by atoms with van der Waals surface area (Å²) in [7, 11) is 0. The molecule has 1 aliphatic heterocycles. The van der Waals surface area contributed by atoms with Gasteiger partial charge in [-0.2, -0.15) is 0 Å². The fourth-order valence-corrected chi connectivity index (χ4v) is 3.35. The SMILES string of the molecule is O=C1c2ccccc2C(=O)N1CCSc1ccc(-n2ccnc2)nn1. The van der Waals surface area contributed by atoms with Gasteiger partial charge in [-0.15, -0.1) is 22.0 Å². The predicted molar refractivity (Wildman–Crippen MR) is 91.7 cm³/mol. The number of thioether (sulfide) groups is 1. The van der Waals surface area contributed by atoms with Crippen LogP contribution in [0.5, 0.6) is 0 Å². The molecule has 0 N–H and O–H groups in total. The molecule has 0 radical (unpaired) electrons. The molecule has 25 heavy (non-hydrogen) atoms. The van der Waals surface area contributed by atoms with E-state index in [1.54, 1.807) is 47.6 Å². The fourth-order valence-electron chi connectivity index (χ4n) is 2.61. The lowest BCUT2D eigenvalue weighted by atomic mass is 10.1. The Bertz CT molecular complexity index is 889. The molecule has 0 unspecified atom stereocenters. The van der Waals surface area contributed by atoms with Crippen LogP contribution in [-0.4, -0.2) is 48.8 Å².